The molecule has 2 aromatic rings. The van der Waals surface area contributed by atoms with Crippen molar-refractivity contribution in [2.24, 2.45) is 0 Å². The predicted octanol–water partition coefficient (Wildman–Crippen LogP) is 3.86. The zero-order valence-electron chi connectivity index (χ0n) is 11.4. The average molecular weight is 354 g/mol. The molecule has 0 saturated carbocycles. The molecule has 0 bridgehead atoms. The first-order chi connectivity index (χ1) is 10.0. The SMILES string of the molecule is COc1ccc(C(=O)Nc2ccc(F)c(Br)c2)c(OC)c1. The maximum atomic E-state index is 13.2. The summed E-state index contributed by atoms with van der Waals surface area (Å²) in [5.74, 6) is 0.240. The number of halogens is 2. The number of methoxy groups -OCH3 is 2. The Kier molecular flexibility index (Phi) is 4.80. The number of carbonyl (C=O) groups is 1. The normalized spacial score (nSPS) is 10.1. The van der Waals surface area contributed by atoms with E-state index < -0.39 is 5.82 Å². The number of ether oxygens (including phenoxy) is 2. The third kappa shape index (κ3) is 3.52. The molecule has 0 spiro atoms. The van der Waals surface area contributed by atoms with Gasteiger partial charge in [0.25, 0.3) is 5.91 Å². The topological polar surface area (TPSA) is 47.6 Å². The van der Waals surface area contributed by atoms with Crippen LogP contribution in [0.5, 0.6) is 11.5 Å². The van der Waals surface area contributed by atoms with Crippen LogP contribution in [0.25, 0.3) is 0 Å². The van der Waals surface area contributed by atoms with Gasteiger partial charge in [0.05, 0.1) is 24.3 Å². The van der Waals surface area contributed by atoms with E-state index in [0.717, 1.165) is 0 Å². The van der Waals surface area contributed by atoms with Crippen molar-refractivity contribution in [3.63, 3.8) is 0 Å². The van der Waals surface area contributed by atoms with Crippen LogP contribution >= 0.6 is 15.9 Å². The molecular weight excluding hydrogens is 341 g/mol. The number of hydrogen-bond acceptors (Lipinski definition) is 3. The van der Waals surface area contributed by atoms with Gasteiger partial charge in [-0.25, -0.2) is 4.39 Å². The average Bonchev–Trinajstić information content (AvgIpc) is 2.50. The van der Waals surface area contributed by atoms with Crippen molar-refractivity contribution in [3.05, 3.63) is 52.3 Å². The minimum atomic E-state index is -0.393. The van der Waals surface area contributed by atoms with Crippen molar-refractivity contribution in [2.45, 2.75) is 0 Å². The fraction of sp³-hybridized carbons (Fsp3) is 0.133. The van der Waals surface area contributed by atoms with Crippen LogP contribution in [0.1, 0.15) is 10.4 Å². The van der Waals surface area contributed by atoms with Crippen molar-refractivity contribution in [1.82, 2.24) is 0 Å². The van der Waals surface area contributed by atoms with E-state index in [2.05, 4.69) is 21.2 Å². The van der Waals surface area contributed by atoms with Gasteiger partial charge in [-0.2, -0.15) is 0 Å². The molecule has 0 aliphatic rings. The first-order valence-electron chi connectivity index (χ1n) is 6.03. The van der Waals surface area contributed by atoms with E-state index in [4.69, 9.17) is 9.47 Å². The van der Waals surface area contributed by atoms with Crippen LogP contribution in [0.3, 0.4) is 0 Å². The Hall–Kier alpha value is -2.08. The number of rotatable bonds is 4. The Labute approximate surface area is 130 Å². The Morgan fingerprint density at radius 2 is 1.90 bits per heavy atom. The van der Waals surface area contributed by atoms with E-state index in [1.807, 2.05) is 0 Å². The number of amides is 1. The smallest absolute Gasteiger partial charge is 0.259 e. The summed E-state index contributed by atoms with van der Waals surface area (Å²) in [7, 11) is 3.00. The number of carbonyl (C=O) groups excluding carboxylic acids is 1. The molecule has 2 aromatic carbocycles. The first kappa shape index (κ1) is 15.3. The zero-order valence-corrected chi connectivity index (χ0v) is 13.0. The Morgan fingerprint density at radius 1 is 1.14 bits per heavy atom. The van der Waals surface area contributed by atoms with Gasteiger partial charge in [0.15, 0.2) is 0 Å². The van der Waals surface area contributed by atoms with E-state index in [-0.39, 0.29) is 10.4 Å². The van der Waals surface area contributed by atoms with Gasteiger partial charge in [0.1, 0.15) is 17.3 Å². The lowest BCUT2D eigenvalue weighted by Crippen LogP contribution is -2.13. The summed E-state index contributed by atoms with van der Waals surface area (Å²) >= 11 is 3.07. The summed E-state index contributed by atoms with van der Waals surface area (Å²) in [4.78, 5) is 12.2. The summed E-state index contributed by atoms with van der Waals surface area (Å²) in [6.07, 6.45) is 0. The van der Waals surface area contributed by atoms with E-state index in [9.17, 15) is 9.18 Å². The van der Waals surface area contributed by atoms with Crippen LogP contribution in [0.4, 0.5) is 10.1 Å². The van der Waals surface area contributed by atoms with Crippen molar-refractivity contribution >= 4 is 27.5 Å². The van der Waals surface area contributed by atoms with Gasteiger partial charge in [-0.1, -0.05) is 0 Å². The van der Waals surface area contributed by atoms with E-state index in [1.54, 1.807) is 18.2 Å². The van der Waals surface area contributed by atoms with Crippen LogP contribution < -0.4 is 14.8 Å². The molecule has 0 aliphatic heterocycles. The Balaban J connectivity index is 2.25. The highest BCUT2D eigenvalue weighted by Crippen LogP contribution is 2.26. The highest BCUT2D eigenvalue weighted by molar-refractivity contribution is 9.10. The van der Waals surface area contributed by atoms with Gasteiger partial charge < -0.3 is 14.8 Å². The third-order valence-electron chi connectivity index (χ3n) is 2.83. The predicted molar refractivity (Wildman–Crippen MR) is 81.6 cm³/mol. The lowest BCUT2D eigenvalue weighted by atomic mass is 10.1. The minimum Gasteiger partial charge on any atom is -0.497 e. The van der Waals surface area contributed by atoms with Crippen LogP contribution in [-0.4, -0.2) is 20.1 Å². The molecular formula is C15H13BrFNO3. The quantitative estimate of drug-likeness (QED) is 0.907. The van der Waals surface area contributed by atoms with Gasteiger partial charge in [-0.3, -0.25) is 4.79 Å². The van der Waals surface area contributed by atoms with Crippen molar-refractivity contribution in [3.8, 4) is 11.5 Å². The van der Waals surface area contributed by atoms with Crippen molar-refractivity contribution < 1.29 is 18.7 Å². The number of hydrogen-bond donors (Lipinski definition) is 1. The summed E-state index contributed by atoms with van der Waals surface area (Å²) in [5.41, 5.74) is 0.838. The molecule has 0 fully saturated rings. The maximum Gasteiger partial charge on any atom is 0.259 e. The van der Waals surface area contributed by atoms with Gasteiger partial charge >= 0.3 is 0 Å². The van der Waals surface area contributed by atoms with Crippen LogP contribution in [-0.2, 0) is 0 Å². The molecule has 21 heavy (non-hydrogen) atoms. The number of anilines is 1. The second kappa shape index (κ2) is 6.58. The molecule has 0 atom stereocenters. The summed E-state index contributed by atoms with van der Waals surface area (Å²) in [5, 5.41) is 2.68. The summed E-state index contributed by atoms with van der Waals surface area (Å²) < 4.78 is 23.7. The highest BCUT2D eigenvalue weighted by Gasteiger charge is 2.14. The molecule has 1 amide bonds. The van der Waals surface area contributed by atoms with Gasteiger partial charge in [-0.15, -0.1) is 0 Å². The molecule has 0 unspecified atom stereocenters. The summed E-state index contributed by atoms with van der Waals surface area (Å²) in [6.45, 7) is 0. The standard InChI is InChI=1S/C15H13BrFNO3/c1-20-10-4-5-11(14(8-10)21-2)15(19)18-9-3-6-13(17)12(16)7-9/h3-8H,1-2H3,(H,18,19). The van der Waals surface area contributed by atoms with Gasteiger partial charge in [0.2, 0.25) is 0 Å². The second-order valence-corrected chi connectivity index (χ2v) is 5.00. The largest absolute Gasteiger partial charge is 0.497 e. The monoisotopic (exact) mass is 353 g/mol. The molecule has 110 valence electrons. The Morgan fingerprint density at radius 3 is 2.52 bits per heavy atom. The third-order valence-corrected chi connectivity index (χ3v) is 3.44. The Bertz CT molecular complexity index is 676. The van der Waals surface area contributed by atoms with Crippen LogP contribution in [0.15, 0.2) is 40.9 Å². The highest BCUT2D eigenvalue weighted by atomic mass is 79.9. The first-order valence-corrected chi connectivity index (χ1v) is 6.83. The maximum absolute atomic E-state index is 13.2. The van der Waals surface area contributed by atoms with E-state index in [1.165, 1.54) is 32.4 Å². The minimum absolute atomic E-state index is 0.280. The lowest BCUT2D eigenvalue weighted by molar-refractivity contribution is 0.102. The lowest BCUT2D eigenvalue weighted by Gasteiger charge is -2.11. The second-order valence-electron chi connectivity index (χ2n) is 4.15. The molecule has 0 aliphatic carbocycles. The van der Waals surface area contributed by atoms with E-state index in [0.29, 0.717) is 22.7 Å². The molecule has 1 N–H and O–H groups in total. The molecule has 0 aromatic heterocycles. The number of nitrogens with one attached hydrogen (secondary N) is 1. The summed E-state index contributed by atoms with van der Waals surface area (Å²) in [6, 6.07) is 9.13. The molecule has 4 nitrogen and oxygen atoms in total. The van der Waals surface area contributed by atoms with Crippen LogP contribution in [0, 0.1) is 5.82 Å². The zero-order chi connectivity index (χ0) is 15.4. The number of benzene rings is 2. The van der Waals surface area contributed by atoms with Crippen molar-refractivity contribution in [1.29, 1.82) is 0 Å². The van der Waals surface area contributed by atoms with Gasteiger partial charge in [0, 0.05) is 11.8 Å². The molecule has 6 heteroatoms. The fourth-order valence-corrected chi connectivity index (χ4v) is 2.14. The molecule has 0 saturated heterocycles. The van der Waals surface area contributed by atoms with E-state index >= 15 is 0 Å². The molecule has 0 heterocycles. The van der Waals surface area contributed by atoms with Crippen LogP contribution in [0.2, 0.25) is 0 Å². The molecule has 2 rings (SSSR count). The van der Waals surface area contributed by atoms with Crippen molar-refractivity contribution in [2.75, 3.05) is 19.5 Å². The van der Waals surface area contributed by atoms with Gasteiger partial charge in [-0.05, 0) is 46.3 Å². The fourth-order valence-electron chi connectivity index (χ4n) is 1.76. The molecule has 0 radical (unpaired) electrons.